The summed E-state index contributed by atoms with van der Waals surface area (Å²) in [5.41, 5.74) is 7.97. The molecule has 2 aromatic heterocycles. The number of hydrogen-bond donors (Lipinski definition) is 1. The standard InChI is InChI=1S/C12H16N4/c1-2-9(8-3-4-8)10-7-11(13)16-12(15-10)5-6-14-16/h5-9H,2-4,13H2,1H3. The molecule has 0 aliphatic heterocycles. The molecule has 1 atom stereocenters. The third kappa shape index (κ3) is 1.45. The van der Waals surface area contributed by atoms with Crippen molar-refractivity contribution in [3.63, 3.8) is 0 Å². The van der Waals surface area contributed by atoms with Crippen LogP contribution in [0, 0.1) is 5.92 Å². The summed E-state index contributed by atoms with van der Waals surface area (Å²) < 4.78 is 1.68. The molecule has 0 radical (unpaired) electrons. The lowest BCUT2D eigenvalue weighted by Crippen LogP contribution is -2.07. The Morgan fingerprint density at radius 3 is 3.06 bits per heavy atom. The van der Waals surface area contributed by atoms with Crippen LogP contribution in [-0.4, -0.2) is 14.6 Å². The van der Waals surface area contributed by atoms with Crippen LogP contribution in [-0.2, 0) is 0 Å². The highest BCUT2D eigenvalue weighted by Gasteiger charge is 2.32. The van der Waals surface area contributed by atoms with Gasteiger partial charge < -0.3 is 5.73 Å². The van der Waals surface area contributed by atoms with Crippen LogP contribution >= 0.6 is 0 Å². The average Bonchev–Trinajstić information content (AvgIpc) is 2.96. The van der Waals surface area contributed by atoms with E-state index >= 15 is 0 Å². The Hall–Kier alpha value is -1.58. The number of hydrogen-bond acceptors (Lipinski definition) is 3. The van der Waals surface area contributed by atoms with Crippen LogP contribution in [0.5, 0.6) is 0 Å². The van der Waals surface area contributed by atoms with E-state index in [1.54, 1.807) is 10.7 Å². The summed E-state index contributed by atoms with van der Waals surface area (Å²) in [5.74, 6) is 2.08. The van der Waals surface area contributed by atoms with Crippen LogP contribution in [0.15, 0.2) is 18.3 Å². The molecule has 84 valence electrons. The fourth-order valence-corrected chi connectivity index (χ4v) is 2.43. The monoisotopic (exact) mass is 216 g/mol. The summed E-state index contributed by atoms with van der Waals surface area (Å²) in [5, 5.41) is 4.13. The Morgan fingerprint density at radius 1 is 1.56 bits per heavy atom. The molecule has 4 heteroatoms. The normalized spacial score (nSPS) is 17.8. The van der Waals surface area contributed by atoms with E-state index in [9.17, 15) is 0 Å². The number of nitrogens with zero attached hydrogens (tertiary/aromatic N) is 3. The molecule has 1 fully saturated rings. The lowest BCUT2D eigenvalue weighted by molar-refractivity contribution is 0.571. The van der Waals surface area contributed by atoms with E-state index in [0.29, 0.717) is 11.7 Å². The predicted octanol–water partition coefficient (Wildman–Crippen LogP) is 2.22. The topological polar surface area (TPSA) is 56.2 Å². The van der Waals surface area contributed by atoms with Gasteiger partial charge in [-0.25, -0.2) is 4.98 Å². The zero-order valence-corrected chi connectivity index (χ0v) is 9.43. The number of fused-ring (bicyclic) bond motifs is 1. The molecular formula is C12H16N4. The number of nitrogens with two attached hydrogens (primary N) is 1. The Bertz CT molecular complexity index is 513. The van der Waals surface area contributed by atoms with Crippen molar-refractivity contribution in [2.45, 2.75) is 32.1 Å². The molecule has 2 N–H and O–H groups in total. The second-order valence-corrected chi connectivity index (χ2v) is 4.56. The Balaban J connectivity index is 2.08. The van der Waals surface area contributed by atoms with Crippen molar-refractivity contribution >= 4 is 11.5 Å². The van der Waals surface area contributed by atoms with Crippen LogP contribution in [0.3, 0.4) is 0 Å². The second kappa shape index (κ2) is 3.47. The summed E-state index contributed by atoms with van der Waals surface area (Å²) in [7, 11) is 0. The minimum atomic E-state index is 0.571. The van der Waals surface area contributed by atoms with Crippen LogP contribution in [0.25, 0.3) is 5.65 Å². The molecule has 0 spiro atoms. The summed E-state index contributed by atoms with van der Waals surface area (Å²) in [6.07, 6.45) is 5.55. The van der Waals surface area contributed by atoms with E-state index < -0.39 is 0 Å². The van der Waals surface area contributed by atoms with Crippen molar-refractivity contribution in [3.8, 4) is 0 Å². The van der Waals surface area contributed by atoms with Gasteiger partial charge in [0.05, 0.1) is 6.20 Å². The largest absolute Gasteiger partial charge is 0.384 e. The summed E-state index contributed by atoms with van der Waals surface area (Å²) in [6.45, 7) is 2.22. The molecule has 2 heterocycles. The van der Waals surface area contributed by atoms with E-state index in [1.807, 2.05) is 12.1 Å². The zero-order valence-electron chi connectivity index (χ0n) is 9.43. The first-order valence-corrected chi connectivity index (χ1v) is 5.89. The Kier molecular flexibility index (Phi) is 2.09. The first kappa shape index (κ1) is 9.63. The third-order valence-corrected chi connectivity index (χ3v) is 3.42. The smallest absolute Gasteiger partial charge is 0.157 e. The van der Waals surface area contributed by atoms with Gasteiger partial charge in [-0.2, -0.15) is 9.61 Å². The van der Waals surface area contributed by atoms with Crippen molar-refractivity contribution in [2.75, 3.05) is 5.73 Å². The van der Waals surface area contributed by atoms with Crippen molar-refractivity contribution in [2.24, 2.45) is 5.92 Å². The quantitative estimate of drug-likeness (QED) is 0.855. The molecule has 3 rings (SSSR count). The van der Waals surface area contributed by atoms with Gasteiger partial charge in [0.15, 0.2) is 5.65 Å². The lowest BCUT2D eigenvalue weighted by atomic mass is 9.96. The van der Waals surface area contributed by atoms with Gasteiger partial charge in [-0.15, -0.1) is 0 Å². The van der Waals surface area contributed by atoms with E-state index in [2.05, 4.69) is 17.0 Å². The van der Waals surface area contributed by atoms with Gasteiger partial charge in [0, 0.05) is 23.7 Å². The molecule has 1 saturated carbocycles. The van der Waals surface area contributed by atoms with Gasteiger partial charge in [0.25, 0.3) is 0 Å². The summed E-state index contributed by atoms with van der Waals surface area (Å²) >= 11 is 0. The molecule has 1 aliphatic carbocycles. The molecule has 4 nitrogen and oxygen atoms in total. The first-order valence-electron chi connectivity index (χ1n) is 5.89. The second-order valence-electron chi connectivity index (χ2n) is 4.56. The SMILES string of the molecule is CCC(c1cc(N)n2nccc2n1)C1CC1. The molecule has 16 heavy (non-hydrogen) atoms. The van der Waals surface area contributed by atoms with Gasteiger partial charge >= 0.3 is 0 Å². The number of aromatic nitrogens is 3. The fraction of sp³-hybridized carbons (Fsp3) is 0.500. The van der Waals surface area contributed by atoms with Crippen LogP contribution in [0.1, 0.15) is 37.8 Å². The van der Waals surface area contributed by atoms with Gasteiger partial charge in [0.2, 0.25) is 0 Å². The van der Waals surface area contributed by atoms with Gasteiger partial charge in [-0.1, -0.05) is 6.92 Å². The van der Waals surface area contributed by atoms with Crippen molar-refractivity contribution in [1.29, 1.82) is 0 Å². The molecule has 0 bridgehead atoms. The maximum atomic E-state index is 5.97. The van der Waals surface area contributed by atoms with Crippen LogP contribution in [0.2, 0.25) is 0 Å². The molecule has 0 aromatic carbocycles. The van der Waals surface area contributed by atoms with Gasteiger partial charge in [-0.05, 0) is 25.2 Å². The maximum Gasteiger partial charge on any atom is 0.157 e. The highest BCUT2D eigenvalue weighted by atomic mass is 15.3. The molecular weight excluding hydrogens is 200 g/mol. The number of rotatable bonds is 3. The average molecular weight is 216 g/mol. The maximum absolute atomic E-state index is 5.97. The summed E-state index contributed by atoms with van der Waals surface area (Å²) in [6, 6.07) is 3.88. The molecule has 1 unspecified atom stereocenters. The van der Waals surface area contributed by atoms with E-state index in [4.69, 9.17) is 5.73 Å². The fourth-order valence-electron chi connectivity index (χ4n) is 2.43. The van der Waals surface area contributed by atoms with Gasteiger partial charge in [-0.3, -0.25) is 0 Å². The minimum Gasteiger partial charge on any atom is -0.384 e. The van der Waals surface area contributed by atoms with E-state index in [1.165, 1.54) is 12.8 Å². The Morgan fingerprint density at radius 2 is 2.38 bits per heavy atom. The van der Waals surface area contributed by atoms with Crippen molar-refractivity contribution in [3.05, 3.63) is 24.0 Å². The molecule has 0 amide bonds. The summed E-state index contributed by atoms with van der Waals surface area (Å²) in [4.78, 5) is 4.65. The number of anilines is 1. The zero-order chi connectivity index (χ0) is 11.1. The van der Waals surface area contributed by atoms with E-state index in [0.717, 1.165) is 23.7 Å². The van der Waals surface area contributed by atoms with Crippen molar-refractivity contribution < 1.29 is 0 Å². The minimum absolute atomic E-state index is 0.571. The van der Waals surface area contributed by atoms with Crippen LogP contribution < -0.4 is 5.73 Å². The Labute approximate surface area is 94.5 Å². The van der Waals surface area contributed by atoms with Crippen molar-refractivity contribution in [1.82, 2.24) is 14.6 Å². The van der Waals surface area contributed by atoms with Gasteiger partial charge in [0.1, 0.15) is 5.82 Å². The first-order chi connectivity index (χ1) is 7.79. The lowest BCUT2D eigenvalue weighted by Gasteiger charge is -2.14. The molecule has 1 aliphatic rings. The highest BCUT2D eigenvalue weighted by Crippen LogP contribution is 2.44. The molecule has 2 aromatic rings. The molecule has 0 saturated heterocycles. The predicted molar refractivity (Wildman–Crippen MR) is 63.2 cm³/mol. The van der Waals surface area contributed by atoms with E-state index in [-0.39, 0.29) is 0 Å². The highest BCUT2D eigenvalue weighted by molar-refractivity contribution is 5.47. The van der Waals surface area contributed by atoms with Crippen LogP contribution in [0.4, 0.5) is 5.82 Å². The number of nitrogen functional groups attached to an aromatic ring is 1. The third-order valence-electron chi connectivity index (χ3n) is 3.42.